The van der Waals surface area contributed by atoms with Crippen LogP contribution in [0.1, 0.15) is 23.6 Å². The summed E-state index contributed by atoms with van der Waals surface area (Å²) in [4.78, 5) is 0. The van der Waals surface area contributed by atoms with Crippen molar-refractivity contribution in [1.82, 2.24) is 0 Å². The number of aryl methyl sites for hydroxylation is 2. The maximum absolute atomic E-state index is 15.3. The molecule has 0 radical (unpaired) electrons. The molecule has 0 heterocycles. The minimum absolute atomic E-state index is 0.0845. The molecule has 3 aromatic rings. The highest BCUT2D eigenvalue weighted by Gasteiger charge is 2.34. The van der Waals surface area contributed by atoms with Crippen molar-refractivity contribution in [3.63, 3.8) is 0 Å². The van der Waals surface area contributed by atoms with Crippen molar-refractivity contribution in [2.24, 2.45) is 0 Å². The fraction of sp³-hybridized carbons (Fsp3) is 0.217. The van der Waals surface area contributed by atoms with Crippen LogP contribution in [0.2, 0.25) is 0 Å². The van der Waals surface area contributed by atoms with E-state index in [9.17, 15) is 22.0 Å². The van der Waals surface area contributed by atoms with Crippen LogP contribution in [0.4, 0.5) is 26.3 Å². The van der Waals surface area contributed by atoms with Crippen LogP contribution in [0.3, 0.4) is 0 Å². The third-order valence-corrected chi connectivity index (χ3v) is 5.28. The Labute approximate surface area is 168 Å². The van der Waals surface area contributed by atoms with Gasteiger partial charge in [0.2, 0.25) is 5.75 Å². The van der Waals surface area contributed by atoms with Gasteiger partial charge in [-0.1, -0.05) is 37.3 Å². The van der Waals surface area contributed by atoms with Crippen LogP contribution in [0.15, 0.2) is 42.5 Å². The molecule has 0 aromatic heterocycles. The van der Waals surface area contributed by atoms with Crippen LogP contribution in [0.5, 0.6) is 5.75 Å². The van der Waals surface area contributed by atoms with Gasteiger partial charge in [-0.05, 0) is 64.8 Å². The molecule has 7 heteroatoms. The summed E-state index contributed by atoms with van der Waals surface area (Å²) in [5, 5.41) is 0. The third-order valence-electron chi connectivity index (χ3n) is 5.28. The number of ether oxygens (including phenoxy) is 1. The van der Waals surface area contributed by atoms with Gasteiger partial charge in [-0.25, -0.2) is 13.2 Å². The van der Waals surface area contributed by atoms with E-state index in [0.29, 0.717) is 36.1 Å². The van der Waals surface area contributed by atoms with Gasteiger partial charge in [0.05, 0.1) is 0 Å². The summed E-state index contributed by atoms with van der Waals surface area (Å²) >= 11 is 0. The molecule has 0 spiro atoms. The number of halogens is 6. The Balaban J connectivity index is 1.78. The lowest BCUT2D eigenvalue weighted by molar-refractivity contribution is -0.276. The first kappa shape index (κ1) is 20.3. The van der Waals surface area contributed by atoms with Gasteiger partial charge >= 0.3 is 6.36 Å². The first-order valence-corrected chi connectivity index (χ1v) is 9.36. The maximum atomic E-state index is 15.3. The van der Waals surface area contributed by atoms with Crippen LogP contribution in [0, 0.1) is 17.5 Å². The van der Waals surface area contributed by atoms with E-state index in [-0.39, 0.29) is 11.1 Å². The summed E-state index contributed by atoms with van der Waals surface area (Å²) in [6.07, 6.45) is -3.32. The largest absolute Gasteiger partial charge is 0.573 e. The van der Waals surface area contributed by atoms with Crippen molar-refractivity contribution in [3.05, 3.63) is 76.6 Å². The number of fused-ring (bicyclic) bond motifs is 3. The van der Waals surface area contributed by atoms with Crippen LogP contribution in [0.25, 0.3) is 22.3 Å². The summed E-state index contributed by atoms with van der Waals surface area (Å²) < 4.78 is 83.8. The Bertz CT molecular complexity index is 1110. The molecule has 0 N–H and O–H groups in total. The molecule has 156 valence electrons. The topological polar surface area (TPSA) is 9.23 Å². The quantitative estimate of drug-likeness (QED) is 0.413. The Morgan fingerprint density at radius 2 is 1.47 bits per heavy atom. The van der Waals surface area contributed by atoms with Gasteiger partial charge in [0.25, 0.3) is 0 Å². The zero-order valence-corrected chi connectivity index (χ0v) is 15.8. The third kappa shape index (κ3) is 3.64. The molecule has 4 rings (SSSR count). The minimum atomic E-state index is -5.24. The number of rotatable bonds is 3. The van der Waals surface area contributed by atoms with Gasteiger partial charge in [0, 0.05) is 5.56 Å². The van der Waals surface area contributed by atoms with Crippen LogP contribution >= 0.6 is 0 Å². The molecule has 0 amide bonds. The molecule has 0 saturated heterocycles. The highest BCUT2D eigenvalue weighted by Crippen LogP contribution is 2.40. The molecule has 1 aliphatic carbocycles. The van der Waals surface area contributed by atoms with Gasteiger partial charge < -0.3 is 4.74 Å². The normalized spacial score (nSPS) is 13.0. The van der Waals surface area contributed by atoms with Crippen molar-refractivity contribution in [2.75, 3.05) is 0 Å². The van der Waals surface area contributed by atoms with Gasteiger partial charge in [0.15, 0.2) is 11.6 Å². The van der Waals surface area contributed by atoms with E-state index in [4.69, 9.17) is 0 Å². The Morgan fingerprint density at radius 1 is 0.833 bits per heavy atom. The smallest absolute Gasteiger partial charge is 0.399 e. The fourth-order valence-electron chi connectivity index (χ4n) is 3.87. The van der Waals surface area contributed by atoms with E-state index in [0.717, 1.165) is 17.5 Å². The lowest BCUT2D eigenvalue weighted by Gasteiger charge is -2.22. The highest BCUT2D eigenvalue weighted by molar-refractivity contribution is 5.78. The molecule has 1 nitrogen and oxygen atoms in total. The van der Waals surface area contributed by atoms with Gasteiger partial charge in [-0.2, -0.15) is 0 Å². The summed E-state index contributed by atoms with van der Waals surface area (Å²) in [6.45, 7) is 2.05. The number of benzene rings is 3. The molecule has 0 atom stereocenters. The second-order valence-corrected chi connectivity index (χ2v) is 7.12. The van der Waals surface area contributed by atoms with Crippen molar-refractivity contribution < 1.29 is 31.1 Å². The predicted octanol–water partition coefficient (Wildman–Crippen LogP) is 7.00. The minimum Gasteiger partial charge on any atom is -0.399 e. The standard InChI is InChI=1S/C23H16F6O/c1-2-12-3-5-15-13(9-12)4-6-18-17(15)8-7-16(21(18)26)14-10-19(24)22(20(25)11-14)30-23(27,28)29/h3,5,7-11H,2,4,6H2,1H3. The molecule has 0 fully saturated rings. The summed E-state index contributed by atoms with van der Waals surface area (Å²) in [7, 11) is 0. The predicted molar refractivity (Wildman–Crippen MR) is 101 cm³/mol. The molecule has 1 aliphatic rings. The monoisotopic (exact) mass is 422 g/mol. The summed E-state index contributed by atoms with van der Waals surface area (Å²) in [5.74, 6) is -5.32. The fourth-order valence-corrected chi connectivity index (χ4v) is 3.87. The van der Waals surface area contributed by atoms with E-state index < -0.39 is 29.6 Å². The zero-order chi connectivity index (χ0) is 21.6. The van der Waals surface area contributed by atoms with Crippen LogP contribution in [-0.2, 0) is 19.3 Å². The van der Waals surface area contributed by atoms with Crippen molar-refractivity contribution >= 4 is 0 Å². The lowest BCUT2D eigenvalue weighted by Crippen LogP contribution is -2.19. The van der Waals surface area contributed by atoms with Gasteiger partial charge in [-0.15, -0.1) is 13.2 Å². The van der Waals surface area contributed by atoms with Crippen molar-refractivity contribution in [3.8, 4) is 28.0 Å². The number of alkyl halides is 3. The summed E-state index contributed by atoms with van der Waals surface area (Å²) in [6, 6.07) is 10.3. The number of hydrogen-bond donors (Lipinski definition) is 0. The molecule has 0 bridgehead atoms. The number of hydrogen-bond acceptors (Lipinski definition) is 1. The molecule has 0 unspecified atom stereocenters. The van der Waals surface area contributed by atoms with Crippen LogP contribution < -0.4 is 4.74 Å². The van der Waals surface area contributed by atoms with E-state index in [1.165, 1.54) is 11.6 Å². The van der Waals surface area contributed by atoms with Crippen molar-refractivity contribution in [1.29, 1.82) is 0 Å². The van der Waals surface area contributed by atoms with Gasteiger partial charge in [0.1, 0.15) is 5.82 Å². The van der Waals surface area contributed by atoms with Crippen molar-refractivity contribution in [2.45, 2.75) is 32.5 Å². The molecule has 0 saturated carbocycles. The Morgan fingerprint density at radius 3 is 2.10 bits per heavy atom. The average Bonchev–Trinajstić information content (AvgIpc) is 2.69. The van der Waals surface area contributed by atoms with Crippen LogP contribution in [-0.4, -0.2) is 6.36 Å². The molecule has 30 heavy (non-hydrogen) atoms. The molecular weight excluding hydrogens is 406 g/mol. The van der Waals surface area contributed by atoms with E-state index in [1.807, 2.05) is 19.1 Å². The first-order chi connectivity index (χ1) is 14.2. The first-order valence-electron chi connectivity index (χ1n) is 9.36. The second kappa shape index (κ2) is 7.38. The van der Waals surface area contributed by atoms with Gasteiger partial charge in [-0.3, -0.25) is 0 Å². The highest BCUT2D eigenvalue weighted by atomic mass is 19.4. The molecule has 0 aliphatic heterocycles. The van der Waals surface area contributed by atoms with E-state index in [2.05, 4.69) is 10.8 Å². The second-order valence-electron chi connectivity index (χ2n) is 7.12. The van der Waals surface area contributed by atoms with E-state index >= 15 is 4.39 Å². The molecule has 3 aromatic carbocycles. The lowest BCUT2D eigenvalue weighted by atomic mass is 9.83. The zero-order valence-electron chi connectivity index (χ0n) is 15.8. The Hall–Kier alpha value is -2.96. The maximum Gasteiger partial charge on any atom is 0.573 e. The SMILES string of the molecule is CCc1ccc2c(c1)CCc1c-2ccc(-c2cc(F)c(OC(F)(F)F)c(F)c2)c1F. The average molecular weight is 422 g/mol. The summed E-state index contributed by atoms with van der Waals surface area (Å²) in [5.41, 5.74) is 4.04. The van der Waals surface area contributed by atoms with E-state index in [1.54, 1.807) is 6.07 Å². The Kier molecular flexibility index (Phi) is 5.00. The molecular formula is C23H16F6O.